The molecule has 1 aromatic heterocycles. The maximum absolute atomic E-state index is 12.6. The first kappa shape index (κ1) is 15.1. The second kappa shape index (κ2) is 6.50. The molecule has 5 nitrogen and oxygen atoms in total. The van der Waals surface area contributed by atoms with Crippen LogP contribution in [0.1, 0.15) is 13.3 Å². The van der Waals surface area contributed by atoms with E-state index in [0.717, 1.165) is 18.7 Å². The van der Waals surface area contributed by atoms with Gasteiger partial charge in [0, 0.05) is 25.0 Å². The number of rotatable bonds is 5. The quantitative estimate of drug-likeness (QED) is 0.920. The van der Waals surface area contributed by atoms with Crippen molar-refractivity contribution in [3.8, 4) is 0 Å². The van der Waals surface area contributed by atoms with Gasteiger partial charge in [0.1, 0.15) is 0 Å². The van der Waals surface area contributed by atoms with Gasteiger partial charge in [-0.1, -0.05) is 23.7 Å². The molecule has 0 aliphatic carbocycles. The summed E-state index contributed by atoms with van der Waals surface area (Å²) in [6.07, 6.45) is 4.46. The zero-order chi connectivity index (χ0) is 15.5. The molecule has 0 spiro atoms. The SMILES string of the molecule is C[C@H](Cn1cccn1)N[C@H]1CCN(c2ccccc2Cl)C1=O. The largest absolute Gasteiger partial charge is 0.310 e. The first-order valence-corrected chi connectivity index (χ1v) is 7.82. The molecule has 0 unspecified atom stereocenters. The van der Waals surface area contributed by atoms with Gasteiger partial charge in [-0.2, -0.15) is 5.10 Å². The highest BCUT2D eigenvalue weighted by Gasteiger charge is 2.33. The molecule has 1 fully saturated rings. The third-order valence-electron chi connectivity index (χ3n) is 3.85. The van der Waals surface area contributed by atoms with E-state index in [9.17, 15) is 4.79 Å². The topological polar surface area (TPSA) is 50.2 Å². The molecular formula is C16H19ClN4O. The highest BCUT2D eigenvalue weighted by atomic mass is 35.5. The van der Waals surface area contributed by atoms with Crippen molar-refractivity contribution < 1.29 is 4.79 Å². The number of para-hydroxylation sites is 1. The van der Waals surface area contributed by atoms with Crippen LogP contribution in [0.4, 0.5) is 5.69 Å². The summed E-state index contributed by atoms with van der Waals surface area (Å²) >= 11 is 6.19. The summed E-state index contributed by atoms with van der Waals surface area (Å²) in [6.45, 7) is 3.49. The number of hydrogen-bond acceptors (Lipinski definition) is 3. The van der Waals surface area contributed by atoms with Crippen molar-refractivity contribution in [2.45, 2.75) is 32.0 Å². The Labute approximate surface area is 134 Å². The summed E-state index contributed by atoms with van der Waals surface area (Å²) < 4.78 is 1.86. The molecule has 3 rings (SSSR count). The lowest BCUT2D eigenvalue weighted by Crippen LogP contribution is -2.44. The van der Waals surface area contributed by atoms with Crippen LogP contribution in [0.15, 0.2) is 42.7 Å². The van der Waals surface area contributed by atoms with Crippen LogP contribution in [-0.2, 0) is 11.3 Å². The number of nitrogens with one attached hydrogen (secondary N) is 1. The second-order valence-corrected chi connectivity index (χ2v) is 5.99. The molecule has 116 valence electrons. The van der Waals surface area contributed by atoms with E-state index in [1.54, 1.807) is 11.1 Å². The number of carbonyl (C=O) groups excluding carboxylic acids is 1. The van der Waals surface area contributed by atoms with Gasteiger partial charge in [-0.05, 0) is 31.5 Å². The molecule has 0 radical (unpaired) electrons. The molecule has 2 atom stereocenters. The van der Waals surface area contributed by atoms with E-state index in [1.165, 1.54) is 0 Å². The molecule has 1 aromatic carbocycles. The van der Waals surface area contributed by atoms with E-state index >= 15 is 0 Å². The summed E-state index contributed by atoms with van der Waals surface area (Å²) in [5.41, 5.74) is 0.790. The minimum absolute atomic E-state index is 0.0837. The van der Waals surface area contributed by atoms with Crippen LogP contribution in [0.5, 0.6) is 0 Å². The van der Waals surface area contributed by atoms with Gasteiger partial charge in [0.2, 0.25) is 5.91 Å². The number of benzene rings is 1. The van der Waals surface area contributed by atoms with Gasteiger partial charge < -0.3 is 10.2 Å². The average molecular weight is 319 g/mol. The van der Waals surface area contributed by atoms with E-state index in [4.69, 9.17) is 11.6 Å². The van der Waals surface area contributed by atoms with Crippen molar-refractivity contribution in [3.63, 3.8) is 0 Å². The van der Waals surface area contributed by atoms with Gasteiger partial charge in [-0.25, -0.2) is 0 Å². The molecule has 1 aliphatic rings. The normalized spacial score (nSPS) is 19.6. The summed E-state index contributed by atoms with van der Waals surface area (Å²) in [4.78, 5) is 14.3. The number of nitrogens with zero attached hydrogens (tertiary/aromatic N) is 3. The smallest absolute Gasteiger partial charge is 0.244 e. The van der Waals surface area contributed by atoms with Crippen LogP contribution in [0.25, 0.3) is 0 Å². The molecule has 1 N–H and O–H groups in total. The summed E-state index contributed by atoms with van der Waals surface area (Å²) in [5, 5.41) is 8.19. The Morgan fingerprint density at radius 1 is 1.41 bits per heavy atom. The fraction of sp³-hybridized carbons (Fsp3) is 0.375. The number of aromatic nitrogens is 2. The molecule has 1 amide bonds. The monoisotopic (exact) mass is 318 g/mol. The van der Waals surface area contributed by atoms with Crippen LogP contribution < -0.4 is 10.2 Å². The highest BCUT2D eigenvalue weighted by Crippen LogP contribution is 2.29. The van der Waals surface area contributed by atoms with Crippen molar-refractivity contribution in [3.05, 3.63) is 47.7 Å². The third kappa shape index (κ3) is 3.15. The maximum atomic E-state index is 12.6. The van der Waals surface area contributed by atoms with E-state index in [1.807, 2.05) is 41.2 Å². The number of hydrogen-bond donors (Lipinski definition) is 1. The highest BCUT2D eigenvalue weighted by molar-refractivity contribution is 6.33. The van der Waals surface area contributed by atoms with Gasteiger partial charge in [-0.3, -0.25) is 9.48 Å². The predicted molar refractivity (Wildman–Crippen MR) is 87.0 cm³/mol. The fourth-order valence-corrected chi connectivity index (χ4v) is 3.07. The van der Waals surface area contributed by atoms with E-state index in [2.05, 4.69) is 17.3 Å². The Hall–Kier alpha value is -1.85. The minimum Gasteiger partial charge on any atom is -0.310 e. The third-order valence-corrected chi connectivity index (χ3v) is 4.17. The van der Waals surface area contributed by atoms with Crippen molar-refractivity contribution in [1.82, 2.24) is 15.1 Å². The molecule has 0 saturated carbocycles. The Kier molecular flexibility index (Phi) is 4.45. The number of halogens is 1. The predicted octanol–water partition coefficient (Wildman–Crippen LogP) is 2.32. The molecule has 1 saturated heterocycles. The van der Waals surface area contributed by atoms with Crippen molar-refractivity contribution in [2.75, 3.05) is 11.4 Å². The Morgan fingerprint density at radius 3 is 2.95 bits per heavy atom. The lowest BCUT2D eigenvalue weighted by Gasteiger charge is -2.21. The van der Waals surface area contributed by atoms with Crippen LogP contribution in [0.2, 0.25) is 5.02 Å². The number of amides is 1. The van der Waals surface area contributed by atoms with Gasteiger partial charge in [0.05, 0.1) is 23.3 Å². The first-order chi connectivity index (χ1) is 10.6. The summed E-state index contributed by atoms with van der Waals surface area (Å²) in [6, 6.07) is 9.36. The van der Waals surface area contributed by atoms with Crippen LogP contribution >= 0.6 is 11.6 Å². The standard InChI is InChI=1S/C16H19ClN4O/c1-12(11-20-9-4-8-18-20)19-14-7-10-21(16(14)22)15-6-3-2-5-13(15)17/h2-6,8-9,12,14,19H,7,10-11H2,1H3/t12-,14+/m1/s1. The molecule has 2 aromatic rings. The Morgan fingerprint density at radius 2 is 2.23 bits per heavy atom. The second-order valence-electron chi connectivity index (χ2n) is 5.58. The molecule has 6 heteroatoms. The number of anilines is 1. The number of carbonyl (C=O) groups is 1. The van der Waals surface area contributed by atoms with E-state index in [-0.39, 0.29) is 18.0 Å². The molecular weight excluding hydrogens is 300 g/mol. The molecule has 0 bridgehead atoms. The van der Waals surface area contributed by atoms with Crippen molar-refractivity contribution >= 4 is 23.2 Å². The van der Waals surface area contributed by atoms with E-state index in [0.29, 0.717) is 11.6 Å². The lowest BCUT2D eigenvalue weighted by atomic mass is 10.2. The molecule has 22 heavy (non-hydrogen) atoms. The minimum atomic E-state index is -0.165. The van der Waals surface area contributed by atoms with Crippen LogP contribution in [0, 0.1) is 0 Å². The van der Waals surface area contributed by atoms with Crippen molar-refractivity contribution in [2.24, 2.45) is 0 Å². The average Bonchev–Trinajstić information content (AvgIpc) is 3.11. The van der Waals surface area contributed by atoms with Gasteiger partial charge >= 0.3 is 0 Å². The fourth-order valence-electron chi connectivity index (χ4n) is 2.83. The Balaban J connectivity index is 1.63. The first-order valence-electron chi connectivity index (χ1n) is 7.44. The van der Waals surface area contributed by atoms with Gasteiger partial charge in [0.25, 0.3) is 0 Å². The summed E-state index contributed by atoms with van der Waals surface area (Å²) in [7, 11) is 0. The summed E-state index contributed by atoms with van der Waals surface area (Å²) in [5.74, 6) is 0.0837. The van der Waals surface area contributed by atoms with Gasteiger partial charge in [0.15, 0.2) is 0 Å². The molecule has 2 heterocycles. The lowest BCUT2D eigenvalue weighted by molar-refractivity contribution is -0.119. The maximum Gasteiger partial charge on any atom is 0.244 e. The zero-order valence-corrected chi connectivity index (χ0v) is 13.2. The Bertz CT molecular complexity index is 643. The van der Waals surface area contributed by atoms with E-state index < -0.39 is 0 Å². The van der Waals surface area contributed by atoms with Gasteiger partial charge in [-0.15, -0.1) is 0 Å². The van der Waals surface area contributed by atoms with Crippen molar-refractivity contribution in [1.29, 1.82) is 0 Å². The molecule has 1 aliphatic heterocycles. The van der Waals surface area contributed by atoms with Crippen LogP contribution in [-0.4, -0.2) is 34.3 Å². The zero-order valence-electron chi connectivity index (χ0n) is 12.4. The van der Waals surface area contributed by atoms with Crippen LogP contribution in [0.3, 0.4) is 0 Å².